The summed E-state index contributed by atoms with van der Waals surface area (Å²) in [5.41, 5.74) is 0. The molecule has 4 heteroatoms. The van der Waals surface area contributed by atoms with E-state index in [-0.39, 0.29) is 5.04 Å². The average molecular weight is 260 g/mol. The van der Waals surface area contributed by atoms with Crippen LogP contribution in [0.3, 0.4) is 0 Å². The maximum Gasteiger partial charge on any atom is 0.238 e. The Morgan fingerprint density at radius 3 is 1.94 bits per heavy atom. The second-order valence-electron chi connectivity index (χ2n) is 6.60. The van der Waals surface area contributed by atoms with Crippen molar-refractivity contribution in [3.8, 4) is 0 Å². The molecule has 0 saturated heterocycles. The van der Waals surface area contributed by atoms with Crippen LogP contribution in [-0.2, 0) is 14.2 Å². The standard InChI is InChI=1S/C13H28O3Si/c1-12(2,3)17(5,6)16-15-13(14-4)10-8-7-9-11-13/h7-11H2,1-6H3. The Hall–Kier alpha value is 0.0969. The van der Waals surface area contributed by atoms with E-state index in [1.807, 2.05) is 0 Å². The highest BCUT2D eigenvalue weighted by atomic mass is 28.4. The highest BCUT2D eigenvalue weighted by Crippen LogP contribution is 2.39. The van der Waals surface area contributed by atoms with Gasteiger partial charge in [-0.25, -0.2) is 4.89 Å². The highest BCUT2D eigenvalue weighted by Gasteiger charge is 2.43. The SMILES string of the molecule is COC1(OO[Si](C)(C)C(C)(C)C)CCCCC1. The summed E-state index contributed by atoms with van der Waals surface area (Å²) in [6, 6.07) is 0. The highest BCUT2D eigenvalue weighted by molar-refractivity contribution is 6.73. The summed E-state index contributed by atoms with van der Waals surface area (Å²) in [5, 5.41) is 0.163. The minimum atomic E-state index is -1.85. The summed E-state index contributed by atoms with van der Waals surface area (Å²) in [4.78, 5) is 5.75. The van der Waals surface area contributed by atoms with Crippen LogP contribution < -0.4 is 0 Å². The van der Waals surface area contributed by atoms with Gasteiger partial charge in [0.25, 0.3) is 0 Å². The third-order valence-electron chi connectivity index (χ3n) is 4.20. The molecule has 1 saturated carbocycles. The van der Waals surface area contributed by atoms with Crippen molar-refractivity contribution in [2.75, 3.05) is 7.11 Å². The van der Waals surface area contributed by atoms with Crippen LogP contribution in [0.2, 0.25) is 18.1 Å². The van der Waals surface area contributed by atoms with Gasteiger partial charge in [0, 0.05) is 20.0 Å². The van der Waals surface area contributed by atoms with Crippen LogP contribution in [0.25, 0.3) is 0 Å². The lowest BCUT2D eigenvalue weighted by atomic mass is 9.94. The summed E-state index contributed by atoms with van der Waals surface area (Å²) < 4.78 is 11.4. The molecule has 0 atom stereocenters. The molecule has 1 aliphatic carbocycles. The molecule has 0 spiro atoms. The van der Waals surface area contributed by atoms with E-state index in [9.17, 15) is 0 Å². The van der Waals surface area contributed by atoms with Crippen molar-refractivity contribution < 1.29 is 14.2 Å². The Kier molecular flexibility index (Phi) is 4.80. The van der Waals surface area contributed by atoms with E-state index in [0.717, 1.165) is 25.7 Å². The molecule has 102 valence electrons. The molecule has 0 aliphatic heterocycles. The van der Waals surface area contributed by atoms with Crippen molar-refractivity contribution >= 4 is 8.32 Å². The molecule has 0 radical (unpaired) electrons. The Morgan fingerprint density at radius 1 is 1.00 bits per heavy atom. The van der Waals surface area contributed by atoms with Crippen molar-refractivity contribution in [2.45, 2.75) is 76.8 Å². The molecule has 1 fully saturated rings. The lowest BCUT2D eigenvalue weighted by molar-refractivity contribution is -0.391. The fourth-order valence-corrected chi connectivity index (χ4v) is 2.33. The van der Waals surface area contributed by atoms with Crippen LogP contribution in [0.1, 0.15) is 52.9 Å². The van der Waals surface area contributed by atoms with Gasteiger partial charge >= 0.3 is 0 Å². The van der Waals surface area contributed by atoms with Crippen molar-refractivity contribution in [1.82, 2.24) is 0 Å². The largest absolute Gasteiger partial charge is 0.351 e. The average Bonchev–Trinajstić information content (AvgIpc) is 2.26. The van der Waals surface area contributed by atoms with Gasteiger partial charge in [-0.3, -0.25) is 4.58 Å². The quantitative estimate of drug-likeness (QED) is 0.327. The molecule has 0 aromatic rings. The monoisotopic (exact) mass is 260 g/mol. The second-order valence-corrected chi connectivity index (χ2v) is 11.3. The number of hydrogen-bond acceptors (Lipinski definition) is 3. The predicted molar refractivity (Wildman–Crippen MR) is 72.2 cm³/mol. The first-order valence-corrected chi connectivity index (χ1v) is 9.55. The van der Waals surface area contributed by atoms with Gasteiger partial charge in [0.05, 0.1) is 0 Å². The summed E-state index contributed by atoms with van der Waals surface area (Å²) in [5.74, 6) is -0.492. The molecular weight excluding hydrogens is 232 g/mol. The molecule has 3 nitrogen and oxygen atoms in total. The maximum absolute atomic E-state index is 5.84. The maximum atomic E-state index is 5.84. The van der Waals surface area contributed by atoms with E-state index in [0.29, 0.717) is 0 Å². The Labute approximate surface area is 107 Å². The molecule has 0 aromatic heterocycles. The summed E-state index contributed by atoms with van der Waals surface area (Å²) in [6.45, 7) is 11.0. The molecule has 0 heterocycles. The van der Waals surface area contributed by atoms with E-state index in [2.05, 4.69) is 33.9 Å². The zero-order valence-corrected chi connectivity index (χ0v) is 13.3. The molecule has 0 aromatic carbocycles. The van der Waals surface area contributed by atoms with E-state index in [4.69, 9.17) is 14.2 Å². The van der Waals surface area contributed by atoms with Crippen molar-refractivity contribution in [3.63, 3.8) is 0 Å². The van der Waals surface area contributed by atoms with Gasteiger partial charge in [-0.2, -0.15) is 0 Å². The summed E-state index contributed by atoms with van der Waals surface area (Å²) >= 11 is 0. The van der Waals surface area contributed by atoms with Crippen LogP contribution in [0.15, 0.2) is 0 Å². The lowest BCUT2D eigenvalue weighted by Gasteiger charge is -2.40. The van der Waals surface area contributed by atoms with Gasteiger partial charge in [0.15, 0.2) is 5.79 Å². The van der Waals surface area contributed by atoms with Gasteiger partial charge < -0.3 is 4.74 Å². The summed E-state index contributed by atoms with van der Waals surface area (Å²) in [6.07, 6.45) is 5.48. The third-order valence-corrected chi connectivity index (χ3v) is 8.31. The molecule has 17 heavy (non-hydrogen) atoms. The Morgan fingerprint density at radius 2 is 1.53 bits per heavy atom. The molecule has 0 bridgehead atoms. The van der Waals surface area contributed by atoms with Crippen molar-refractivity contribution in [2.24, 2.45) is 0 Å². The normalized spacial score (nSPS) is 21.5. The summed E-state index contributed by atoms with van der Waals surface area (Å²) in [7, 11) is -0.132. The van der Waals surface area contributed by atoms with Crippen LogP contribution in [-0.4, -0.2) is 21.2 Å². The van der Waals surface area contributed by atoms with Gasteiger partial charge in [-0.15, -0.1) is 0 Å². The smallest absolute Gasteiger partial charge is 0.238 e. The minimum absolute atomic E-state index is 0.163. The fourth-order valence-electron chi connectivity index (χ4n) is 1.72. The number of methoxy groups -OCH3 is 1. The molecule has 0 amide bonds. The van der Waals surface area contributed by atoms with E-state index >= 15 is 0 Å². The number of rotatable bonds is 4. The van der Waals surface area contributed by atoms with Gasteiger partial charge in [-0.1, -0.05) is 27.2 Å². The third kappa shape index (κ3) is 3.78. The van der Waals surface area contributed by atoms with E-state index < -0.39 is 14.1 Å². The van der Waals surface area contributed by atoms with Crippen molar-refractivity contribution in [1.29, 1.82) is 0 Å². The first kappa shape index (κ1) is 15.2. The molecule has 0 unspecified atom stereocenters. The Bertz CT molecular complexity index is 240. The lowest BCUT2D eigenvalue weighted by Crippen LogP contribution is -2.46. The van der Waals surface area contributed by atoms with Crippen LogP contribution >= 0.6 is 0 Å². The number of hydrogen-bond donors (Lipinski definition) is 0. The van der Waals surface area contributed by atoms with Crippen LogP contribution in [0, 0.1) is 0 Å². The van der Waals surface area contributed by atoms with Crippen LogP contribution in [0.5, 0.6) is 0 Å². The molecular formula is C13H28O3Si. The van der Waals surface area contributed by atoms with Gasteiger partial charge in [0.1, 0.15) is 0 Å². The topological polar surface area (TPSA) is 27.7 Å². The fraction of sp³-hybridized carbons (Fsp3) is 1.00. The predicted octanol–water partition coefficient (Wildman–Crippen LogP) is 4.25. The van der Waals surface area contributed by atoms with Gasteiger partial charge in [-0.05, 0) is 31.0 Å². The first-order valence-electron chi connectivity index (χ1n) is 6.64. The minimum Gasteiger partial charge on any atom is -0.351 e. The molecule has 1 rings (SSSR count). The Balaban J connectivity index is 2.58. The molecule has 0 N–H and O–H groups in total. The zero-order chi connectivity index (χ0) is 13.2. The molecule has 1 aliphatic rings. The first-order chi connectivity index (χ1) is 7.72. The van der Waals surface area contributed by atoms with Gasteiger partial charge in [0.2, 0.25) is 8.32 Å². The number of ether oxygens (including phenoxy) is 1. The second kappa shape index (κ2) is 5.39. The van der Waals surface area contributed by atoms with Crippen molar-refractivity contribution in [3.05, 3.63) is 0 Å². The van der Waals surface area contributed by atoms with E-state index in [1.54, 1.807) is 7.11 Å². The van der Waals surface area contributed by atoms with E-state index in [1.165, 1.54) is 6.42 Å². The van der Waals surface area contributed by atoms with Crippen LogP contribution in [0.4, 0.5) is 0 Å². The zero-order valence-electron chi connectivity index (χ0n) is 12.3.